The monoisotopic (exact) mass is 221 g/mol. The van der Waals surface area contributed by atoms with Crippen molar-refractivity contribution in [2.75, 3.05) is 13.6 Å². The third-order valence-electron chi connectivity index (χ3n) is 3.29. The first-order chi connectivity index (χ1) is 7.74. The number of nitrogens with one attached hydrogen (secondary N) is 2. The van der Waals surface area contributed by atoms with Gasteiger partial charge in [0, 0.05) is 25.8 Å². The quantitative estimate of drug-likeness (QED) is 0.788. The molecule has 2 heterocycles. The molecule has 1 amide bonds. The van der Waals surface area contributed by atoms with Crippen molar-refractivity contribution in [2.24, 2.45) is 7.05 Å². The summed E-state index contributed by atoms with van der Waals surface area (Å²) in [5, 5.41) is 6.15. The van der Waals surface area contributed by atoms with Crippen molar-refractivity contribution in [1.29, 1.82) is 0 Å². The Balaban J connectivity index is 2.21. The zero-order valence-electron chi connectivity index (χ0n) is 9.92. The number of carbonyl (C=O) groups excluding carboxylic acids is 1. The molecule has 88 valence electrons. The van der Waals surface area contributed by atoms with E-state index >= 15 is 0 Å². The summed E-state index contributed by atoms with van der Waals surface area (Å²) in [5.41, 5.74) is 1.93. The largest absolute Gasteiger partial charge is 0.354 e. The minimum atomic E-state index is -0.0236. The van der Waals surface area contributed by atoms with Gasteiger partial charge in [0.2, 0.25) is 0 Å². The van der Waals surface area contributed by atoms with Gasteiger partial charge in [-0.1, -0.05) is 6.42 Å². The molecule has 1 fully saturated rings. The highest BCUT2D eigenvalue weighted by molar-refractivity contribution is 5.92. The van der Waals surface area contributed by atoms with E-state index in [4.69, 9.17) is 0 Å². The van der Waals surface area contributed by atoms with Crippen LogP contribution in [0.3, 0.4) is 0 Å². The second-order valence-electron chi connectivity index (χ2n) is 4.28. The fraction of sp³-hybridized carbons (Fsp3) is 0.583. The molecule has 16 heavy (non-hydrogen) atoms. The van der Waals surface area contributed by atoms with Gasteiger partial charge < -0.3 is 15.2 Å². The molecule has 0 saturated carbocycles. The van der Waals surface area contributed by atoms with Crippen LogP contribution in [0.4, 0.5) is 0 Å². The fourth-order valence-electron chi connectivity index (χ4n) is 2.34. The van der Waals surface area contributed by atoms with Crippen LogP contribution in [0, 0.1) is 0 Å². The lowest BCUT2D eigenvalue weighted by Gasteiger charge is -2.24. The number of amides is 1. The predicted molar refractivity (Wildman–Crippen MR) is 63.4 cm³/mol. The van der Waals surface area contributed by atoms with Crippen LogP contribution in [0.5, 0.6) is 0 Å². The van der Waals surface area contributed by atoms with Crippen LogP contribution in [0.25, 0.3) is 0 Å². The maximum atomic E-state index is 11.6. The van der Waals surface area contributed by atoms with Gasteiger partial charge in [0.1, 0.15) is 5.69 Å². The van der Waals surface area contributed by atoms with Crippen LogP contribution in [0.2, 0.25) is 0 Å². The van der Waals surface area contributed by atoms with E-state index in [0.717, 1.165) is 18.7 Å². The highest BCUT2D eigenvalue weighted by atomic mass is 16.1. The number of nitrogens with zero attached hydrogens (tertiary/aromatic N) is 1. The third-order valence-corrected chi connectivity index (χ3v) is 3.29. The average Bonchev–Trinajstić information content (AvgIpc) is 2.71. The number of hydrogen-bond acceptors (Lipinski definition) is 2. The van der Waals surface area contributed by atoms with E-state index < -0.39 is 0 Å². The first kappa shape index (κ1) is 11.2. The van der Waals surface area contributed by atoms with Crippen molar-refractivity contribution in [1.82, 2.24) is 15.2 Å². The molecule has 1 atom stereocenters. The average molecular weight is 221 g/mol. The summed E-state index contributed by atoms with van der Waals surface area (Å²) in [6.07, 6.45) is 3.67. The topological polar surface area (TPSA) is 46.1 Å². The van der Waals surface area contributed by atoms with Gasteiger partial charge in [0.05, 0.1) is 0 Å². The Morgan fingerprint density at radius 2 is 2.31 bits per heavy atom. The lowest BCUT2D eigenvalue weighted by atomic mass is 10.0. The molecular weight excluding hydrogens is 202 g/mol. The lowest BCUT2D eigenvalue weighted by Crippen LogP contribution is -2.29. The van der Waals surface area contributed by atoms with E-state index in [-0.39, 0.29) is 5.91 Å². The van der Waals surface area contributed by atoms with Gasteiger partial charge in [-0.15, -0.1) is 0 Å². The summed E-state index contributed by atoms with van der Waals surface area (Å²) in [6.45, 7) is 1.07. The molecule has 4 heteroatoms. The molecule has 0 aliphatic carbocycles. The molecule has 0 aromatic carbocycles. The van der Waals surface area contributed by atoms with Crippen LogP contribution in [-0.4, -0.2) is 24.1 Å². The van der Waals surface area contributed by atoms with Gasteiger partial charge in [-0.05, 0) is 31.5 Å². The second-order valence-corrected chi connectivity index (χ2v) is 4.28. The van der Waals surface area contributed by atoms with Crippen molar-refractivity contribution in [3.8, 4) is 0 Å². The van der Waals surface area contributed by atoms with Gasteiger partial charge in [0.25, 0.3) is 5.91 Å². The van der Waals surface area contributed by atoms with Crippen LogP contribution < -0.4 is 10.6 Å². The SMILES string of the molecule is CNC(=O)c1ccc([C@H]2CCCCN2)n1C. The summed E-state index contributed by atoms with van der Waals surface area (Å²) < 4.78 is 1.99. The third kappa shape index (κ3) is 1.97. The lowest BCUT2D eigenvalue weighted by molar-refractivity contribution is 0.0954. The Bertz CT molecular complexity index is 378. The minimum absolute atomic E-state index is 0.0236. The highest BCUT2D eigenvalue weighted by Gasteiger charge is 2.19. The smallest absolute Gasteiger partial charge is 0.267 e. The van der Waals surface area contributed by atoms with Gasteiger partial charge in [-0.2, -0.15) is 0 Å². The Kier molecular flexibility index (Phi) is 3.29. The van der Waals surface area contributed by atoms with E-state index in [1.165, 1.54) is 18.5 Å². The molecule has 1 aromatic rings. The molecule has 1 aliphatic heterocycles. The summed E-state index contributed by atoms with van der Waals surface area (Å²) in [5.74, 6) is -0.0236. The summed E-state index contributed by atoms with van der Waals surface area (Å²) >= 11 is 0. The summed E-state index contributed by atoms with van der Waals surface area (Å²) in [7, 11) is 3.62. The van der Waals surface area contributed by atoms with E-state index in [9.17, 15) is 4.79 Å². The Morgan fingerprint density at radius 3 is 2.94 bits per heavy atom. The predicted octanol–water partition coefficient (Wildman–Crippen LogP) is 1.20. The Morgan fingerprint density at radius 1 is 1.50 bits per heavy atom. The van der Waals surface area contributed by atoms with Crippen molar-refractivity contribution in [2.45, 2.75) is 25.3 Å². The molecule has 0 radical (unpaired) electrons. The maximum Gasteiger partial charge on any atom is 0.267 e. The van der Waals surface area contributed by atoms with Crippen LogP contribution in [0.15, 0.2) is 12.1 Å². The Hall–Kier alpha value is -1.29. The minimum Gasteiger partial charge on any atom is -0.354 e. The normalized spacial score (nSPS) is 20.8. The van der Waals surface area contributed by atoms with Gasteiger partial charge >= 0.3 is 0 Å². The second kappa shape index (κ2) is 4.70. The summed E-state index contributed by atoms with van der Waals surface area (Å²) in [4.78, 5) is 11.6. The number of hydrogen-bond donors (Lipinski definition) is 2. The molecule has 1 saturated heterocycles. The van der Waals surface area contributed by atoms with Crippen molar-refractivity contribution >= 4 is 5.91 Å². The van der Waals surface area contributed by atoms with Crippen molar-refractivity contribution < 1.29 is 4.79 Å². The maximum absolute atomic E-state index is 11.6. The highest BCUT2D eigenvalue weighted by Crippen LogP contribution is 2.24. The molecule has 2 N–H and O–H groups in total. The first-order valence-electron chi connectivity index (χ1n) is 5.85. The molecular formula is C12H19N3O. The molecule has 1 aliphatic rings. The molecule has 0 unspecified atom stereocenters. The van der Waals surface area contributed by atoms with Gasteiger partial charge in [0.15, 0.2) is 0 Å². The van der Waals surface area contributed by atoms with Gasteiger partial charge in [-0.25, -0.2) is 0 Å². The number of carbonyl (C=O) groups is 1. The zero-order chi connectivity index (χ0) is 11.5. The van der Waals surface area contributed by atoms with E-state index in [2.05, 4.69) is 10.6 Å². The van der Waals surface area contributed by atoms with Crippen molar-refractivity contribution in [3.63, 3.8) is 0 Å². The van der Waals surface area contributed by atoms with Gasteiger partial charge in [-0.3, -0.25) is 4.79 Å². The zero-order valence-corrected chi connectivity index (χ0v) is 9.92. The van der Waals surface area contributed by atoms with Crippen LogP contribution in [-0.2, 0) is 7.05 Å². The molecule has 4 nitrogen and oxygen atoms in total. The van der Waals surface area contributed by atoms with E-state index in [1.54, 1.807) is 7.05 Å². The van der Waals surface area contributed by atoms with Crippen LogP contribution in [0.1, 0.15) is 41.5 Å². The fourth-order valence-corrected chi connectivity index (χ4v) is 2.34. The van der Waals surface area contributed by atoms with E-state index in [0.29, 0.717) is 6.04 Å². The molecule has 0 bridgehead atoms. The molecule has 0 spiro atoms. The van der Waals surface area contributed by atoms with Crippen molar-refractivity contribution in [3.05, 3.63) is 23.5 Å². The summed E-state index contributed by atoms with van der Waals surface area (Å²) in [6, 6.07) is 4.34. The number of aromatic nitrogens is 1. The molecule has 2 rings (SSSR count). The van der Waals surface area contributed by atoms with E-state index in [1.807, 2.05) is 23.7 Å². The van der Waals surface area contributed by atoms with Crippen LogP contribution >= 0.6 is 0 Å². The number of piperidine rings is 1. The number of rotatable bonds is 2. The molecule has 1 aromatic heterocycles. The first-order valence-corrected chi connectivity index (χ1v) is 5.85. The standard InChI is InChI=1S/C12H19N3O/c1-13-12(16)11-7-6-10(15(11)2)9-5-3-4-8-14-9/h6-7,9,14H,3-5,8H2,1-2H3,(H,13,16)/t9-/m1/s1. The Labute approximate surface area is 96.0 Å².